The molecule has 0 heterocycles. The third kappa shape index (κ3) is 8.21. The molecule has 3 rings (SSSR count). The molecule has 1 N–H and O–H groups in total. The molecule has 0 fully saturated rings. The molecule has 0 bridgehead atoms. The van der Waals surface area contributed by atoms with Crippen LogP contribution in [0, 0.1) is 6.92 Å². The van der Waals surface area contributed by atoms with E-state index in [0.29, 0.717) is 24.6 Å². The fraction of sp³-hybridized carbons (Fsp3) is 0.375. The van der Waals surface area contributed by atoms with Crippen LogP contribution in [-0.4, -0.2) is 35.4 Å². The lowest BCUT2D eigenvalue weighted by Gasteiger charge is -2.32. The molecule has 0 aliphatic rings. The summed E-state index contributed by atoms with van der Waals surface area (Å²) in [6.45, 7) is 10.5. The summed E-state index contributed by atoms with van der Waals surface area (Å²) in [4.78, 5) is 29.0. The number of benzene rings is 3. The highest BCUT2D eigenvalue weighted by molar-refractivity contribution is 5.88. The zero-order chi connectivity index (χ0) is 26.8. The molecule has 2 unspecified atom stereocenters. The van der Waals surface area contributed by atoms with Gasteiger partial charge in [0.2, 0.25) is 5.91 Å². The quantitative estimate of drug-likeness (QED) is 0.329. The Morgan fingerprint density at radius 1 is 0.892 bits per heavy atom. The lowest BCUT2D eigenvalue weighted by molar-refractivity contribution is -0.143. The summed E-state index contributed by atoms with van der Waals surface area (Å²) in [5.74, 6) is 0.679. The summed E-state index contributed by atoms with van der Waals surface area (Å²) in [7, 11) is 0. The molecule has 0 radical (unpaired) electrons. The molecular weight excluding hydrogens is 460 g/mol. The highest BCUT2D eigenvalue weighted by Gasteiger charge is 2.31. The van der Waals surface area contributed by atoms with E-state index in [0.717, 1.165) is 23.1 Å². The van der Waals surface area contributed by atoms with Gasteiger partial charge >= 0.3 is 0 Å². The van der Waals surface area contributed by atoms with Crippen molar-refractivity contribution in [3.63, 3.8) is 0 Å². The van der Waals surface area contributed by atoms with Crippen molar-refractivity contribution >= 4 is 11.8 Å². The molecule has 0 aliphatic carbocycles. The van der Waals surface area contributed by atoms with Crippen molar-refractivity contribution in [2.24, 2.45) is 0 Å². The number of aryl methyl sites for hydroxylation is 1. The van der Waals surface area contributed by atoms with Crippen LogP contribution in [0.15, 0.2) is 78.9 Å². The third-order valence-corrected chi connectivity index (χ3v) is 6.78. The monoisotopic (exact) mass is 500 g/mol. The van der Waals surface area contributed by atoms with Gasteiger partial charge in [-0.25, -0.2) is 0 Å². The van der Waals surface area contributed by atoms with Crippen LogP contribution in [0.1, 0.15) is 62.3 Å². The van der Waals surface area contributed by atoms with E-state index in [1.807, 2.05) is 99.6 Å². The first-order valence-corrected chi connectivity index (χ1v) is 13.2. The van der Waals surface area contributed by atoms with Crippen molar-refractivity contribution in [1.29, 1.82) is 0 Å². The highest BCUT2D eigenvalue weighted by atomic mass is 16.5. The van der Waals surface area contributed by atoms with Crippen LogP contribution in [-0.2, 0) is 22.6 Å². The normalized spacial score (nSPS) is 12.6. The number of nitrogens with zero attached hydrogens (tertiary/aromatic N) is 1. The number of nitrogens with one attached hydrogen (secondary N) is 1. The van der Waals surface area contributed by atoms with Crippen molar-refractivity contribution in [1.82, 2.24) is 10.2 Å². The number of hydrogen-bond donors (Lipinski definition) is 1. The summed E-state index contributed by atoms with van der Waals surface area (Å²) in [6.07, 6.45) is 1.23. The molecule has 0 aromatic heterocycles. The van der Waals surface area contributed by atoms with E-state index in [1.54, 1.807) is 4.90 Å². The smallest absolute Gasteiger partial charge is 0.261 e. The van der Waals surface area contributed by atoms with Crippen LogP contribution in [0.25, 0.3) is 0 Å². The van der Waals surface area contributed by atoms with Gasteiger partial charge in [-0.1, -0.05) is 87.5 Å². The molecule has 5 heteroatoms. The molecule has 37 heavy (non-hydrogen) atoms. The molecule has 0 saturated heterocycles. The fourth-order valence-corrected chi connectivity index (χ4v) is 4.14. The van der Waals surface area contributed by atoms with Crippen molar-refractivity contribution in [2.45, 2.75) is 72.0 Å². The molecule has 0 saturated carbocycles. The minimum atomic E-state index is -0.671. The highest BCUT2D eigenvalue weighted by Crippen LogP contribution is 2.20. The van der Waals surface area contributed by atoms with E-state index in [-0.39, 0.29) is 24.5 Å². The van der Waals surface area contributed by atoms with E-state index in [1.165, 1.54) is 5.56 Å². The van der Waals surface area contributed by atoms with Gasteiger partial charge in [0.05, 0.1) is 0 Å². The molecule has 2 amide bonds. The average molecular weight is 501 g/mol. The van der Waals surface area contributed by atoms with Crippen molar-refractivity contribution < 1.29 is 14.3 Å². The van der Waals surface area contributed by atoms with Crippen molar-refractivity contribution in [3.8, 4) is 5.75 Å². The predicted molar refractivity (Wildman–Crippen MR) is 150 cm³/mol. The predicted octanol–water partition coefficient (Wildman–Crippen LogP) is 6.05. The third-order valence-electron chi connectivity index (χ3n) is 6.78. The number of rotatable bonds is 12. The lowest BCUT2D eigenvalue weighted by Crippen LogP contribution is -2.53. The summed E-state index contributed by atoms with van der Waals surface area (Å²) in [5, 5.41) is 3.10. The van der Waals surface area contributed by atoms with E-state index in [2.05, 4.69) is 19.2 Å². The Labute approximate surface area is 221 Å². The average Bonchev–Trinajstić information content (AvgIpc) is 2.90. The molecular formula is C32H40N2O3. The van der Waals surface area contributed by atoms with Crippen LogP contribution in [0.5, 0.6) is 5.75 Å². The largest absolute Gasteiger partial charge is 0.484 e. The van der Waals surface area contributed by atoms with Gasteiger partial charge in [-0.3, -0.25) is 9.59 Å². The zero-order valence-electron chi connectivity index (χ0n) is 22.7. The van der Waals surface area contributed by atoms with Crippen LogP contribution < -0.4 is 10.1 Å². The zero-order valence-corrected chi connectivity index (χ0v) is 22.7. The van der Waals surface area contributed by atoms with Gasteiger partial charge in [0.15, 0.2) is 6.61 Å². The maximum atomic E-state index is 13.7. The Hall–Kier alpha value is -3.60. The molecule has 0 aliphatic heterocycles. The summed E-state index contributed by atoms with van der Waals surface area (Å²) in [5.41, 5.74) is 4.29. The van der Waals surface area contributed by atoms with Gasteiger partial charge in [0.1, 0.15) is 11.8 Å². The van der Waals surface area contributed by atoms with Crippen molar-refractivity contribution in [2.75, 3.05) is 6.61 Å². The Bertz CT molecular complexity index is 1140. The Morgan fingerprint density at radius 3 is 2.16 bits per heavy atom. The van der Waals surface area contributed by atoms with E-state index in [9.17, 15) is 9.59 Å². The molecule has 196 valence electrons. The van der Waals surface area contributed by atoms with Crippen LogP contribution in [0.2, 0.25) is 0 Å². The van der Waals surface area contributed by atoms with Gasteiger partial charge in [-0.05, 0) is 60.6 Å². The minimum Gasteiger partial charge on any atom is -0.484 e. The number of carbonyl (C=O) groups is 2. The van der Waals surface area contributed by atoms with Gasteiger partial charge in [0.25, 0.3) is 5.91 Å². The summed E-state index contributed by atoms with van der Waals surface area (Å²) >= 11 is 0. The second-order valence-corrected chi connectivity index (χ2v) is 9.98. The topological polar surface area (TPSA) is 58.6 Å². The summed E-state index contributed by atoms with van der Waals surface area (Å²) < 4.78 is 5.91. The van der Waals surface area contributed by atoms with Crippen molar-refractivity contribution in [3.05, 3.63) is 101 Å². The number of hydrogen-bond acceptors (Lipinski definition) is 3. The first-order valence-electron chi connectivity index (χ1n) is 13.2. The number of carbonyl (C=O) groups excluding carboxylic acids is 2. The first-order chi connectivity index (χ1) is 17.8. The molecule has 3 aromatic carbocycles. The summed E-state index contributed by atoms with van der Waals surface area (Å²) in [6, 6.07) is 25.0. The number of amides is 2. The van der Waals surface area contributed by atoms with Gasteiger partial charge in [0, 0.05) is 19.0 Å². The fourth-order valence-electron chi connectivity index (χ4n) is 4.14. The maximum Gasteiger partial charge on any atom is 0.261 e. The second kappa shape index (κ2) is 13.6. The first kappa shape index (κ1) is 28.0. The van der Waals surface area contributed by atoms with Crippen LogP contribution >= 0.6 is 0 Å². The maximum absolute atomic E-state index is 13.7. The Balaban J connectivity index is 1.90. The van der Waals surface area contributed by atoms with Crippen LogP contribution in [0.4, 0.5) is 0 Å². The Kier molecular flexibility index (Phi) is 10.3. The Morgan fingerprint density at radius 2 is 1.54 bits per heavy atom. The second-order valence-electron chi connectivity index (χ2n) is 9.98. The van der Waals surface area contributed by atoms with Gasteiger partial charge in [-0.2, -0.15) is 0 Å². The van der Waals surface area contributed by atoms with Gasteiger partial charge in [-0.15, -0.1) is 0 Å². The molecule has 2 atom stereocenters. The molecule has 5 nitrogen and oxygen atoms in total. The van der Waals surface area contributed by atoms with E-state index in [4.69, 9.17) is 4.74 Å². The standard InChI is InChI=1S/C32H40N2O3/c1-6-25(5)33-32(36)30(20-26-13-8-7-9-14-26)34(21-28-15-11-10-12-24(28)4)31(35)22-37-29-18-16-27(17-19-29)23(2)3/h7-19,23,25,30H,6,20-22H2,1-5H3,(H,33,36). The molecule has 0 spiro atoms. The van der Waals surface area contributed by atoms with Gasteiger partial charge < -0.3 is 15.0 Å². The molecule has 3 aromatic rings. The van der Waals surface area contributed by atoms with Crippen LogP contribution in [0.3, 0.4) is 0 Å². The SMILES string of the molecule is CCC(C)NC(=O)C(Cc1ccccc1)N(Cc1ccccc1C)C(=O)COc1ccc(C(C)C)cc1. The number of ether oxygens (including phenoxy) is 1. The van der Waals surface area contributed by atoms with E-state index < -0.39 is 6.04 Å². The lowest BCUT2D eigenvalue weighted by atomic mass is 10.0. The minimum absolute atomic E-state index is 0.0110. The van der Waals surface area contributed by atoms with E-state index >= 15 is 0 Å².